The van der Waals surface area contributed by atoms with Gasteiger partial charge in [-0.2, -0.15) is 0 Å². The smallest absolute Gasteiger partial charge is 0.319 e. The van der Waals surface area contributed by atoms with Gasteiger partial charge in [0, 0.05) is 6.04 Å². The average molecular weight is 304 g/mol. The van der Waals surface area contributed by atoms with Crippen LogP contribution in [0.15, 0.2) is 41.2 Å². The largest absolute Gasteiger partial charge is 0.493 e. The summed E-state index contributed by atoms with van der Waals surface area (Å²) in [4.78, 5) is 12.1. The van der Waals surface area contributed by atoms with Gasteiger partial charge >= 0.3 is 6.03 Å². The third-order valence-electron chi connectivity index (χ3n) is 3.15. The van der Waals surface area contributed by atoms with Gasteiger partial charge in [0.1, 0.15) is 0 Å². The van der Waals surface area contributed by atoms with Crippen molar-refractivity contribution in [1.29, 1.82) is 0 Å². The summed E-state index contributed by atoms with van der Waals surface area (Å²) < 4.78 is 15.5. The third-order valence-corrected chi connectivity index (χ3v) is 3.15. The highest BCUT2D eigenvalue weighted by Crippen LogP contribution is 2.34. The Balaban J connectivity index is 1.97. The highest BCUT2D eigenvalue weighted by Gasteiger charge is 2.14. The number of para-hydroxylation sites is 1. The van der Waals surface area contributed by atoms with Crippen LogP contribution in [-0.2, 0) is 6.42 Å². The second-order valence-corrected chi connectivity index (χ2v) is 4.88. The number of benzene rings is 1. The van der Waals surface area contributed by atoms with E-state index in [0.717, 1.165) is 5.56 Å². The Kier molecular flexibility index (Phi) is 5.30. The summed E-state index contributed by atoms with van der Waals surface area (Å²) in [6.07, 6.45) is 3.98. The molecule has 1 aromatic heterocycles. The molecule has 2 amide bonds. The molecule has 0 spiro atoms. The minimum atomic E-state index is -0.303. The Hall–Kier alpha value is -2.63. The molecule has 0 fully saturated rings. The van der Waals surface area contributed by atoms with E-state index in [9.17, 15) is 4.79 Å². The quantitative estimate of drug-likeness (QED) is 0.860. The van der Waals surface area contributed by atoms with Gasteiger partial charge in [0.2, 0.25) is 0 Å². The number of urea groups is 1. The lowest BCUT2D eigenvalue weighted by Crippen LogP contribution is -2.37. The molecule has 0 aliphatic heterocycles. The monoisotopic (exact) mass is 304 g/mol. The van der Waals surface area contributed by atoms with Crippen molar-refractivity contribution in [2.75, 3.05) is 19.5 Å². The standard InChI is InChI=1S/C16H20N2O4/c1-11(9-12-7-8-22-10-12)17-16(19)18-13-5-4-6-14(20-2)15(13)21-3/h4-8,10-11H,9H2,1-3H3,(H2,17,18,19). The molecular weight excluding hydrogens is 284 g/mol. The molecule has 0 saturated heterocycles. The van der Waals surface area contributed by atoms with E-state index in [2.05, 4.69) is 10.6 Å². The molecule has 118 valence electrons. The predicted molar refractivity (Wildman–Crippen MR) is 83.6 cm³/mol. The van der Waals surface area contributed by atoms with Gasteiger partial charge in [-0.05, 0) is 37.1 Å². The van der Waals surface area contributed by atoms with Crippen LogP contribution in [0.5, 0.6) is 11.5 Å². The van der Waals surface area contributed by atoms with Gasteiger partial charge < -0.3 is 24.5 Å². The van der Waals surface area contributed by atoms with Crippen LogP contribution in [-0.4, -0.2) is 26.3 Å². The number of methoxy groups -OCH3 is 2. The molecule has 6 nitrogen and oxygen atoms in total. The van der Waals surface area contributed by atoms with Crippen LogP contribution in [0.25, 0.3) is 0 Å². The number of hydrogen-bond acceptors (Lipinski definition) is 4. The summed E-state index contributed by atoms with van der Waals surface area (Å²) in [5.41, 5.74) is 1.58. The van der Waals surface area contributed by atoms with E-state index in [4.69, 9.17) is 13.9 Å². The number of carbonyl (C=O) groups is 1. The summed E-state index contributed by atoms with van der Waals surface area (Å²) in [5, 5.41) is 5.64. The zero-order chi connectivity index (χ0) is 15.9. The molecule has 2 aromatic rings. The van der Waals surface area contributed by atoms with E-state index < -0.39 is 0 Å². The van der Waals surface area contributed by atoms with Crippen molar-refractivity contribution in [3.05, 3.63) is 42.4 Å². The van der Waals surface area contributed by atoms with Crippen molar-refractivity contribution in [2.45, 2.75) is 19.4 Å². The lowest BCUT2D eigenvalue weighted by molar-refractivity contribution is 0.249. The number of anilines is 1. The number of amides is 2. The molecule has 1 heterocycles. The first-order valence-corrected chi connectivity index (χ1v) is 6.93. The maximum absolute atomic E-state index is 12.1. The molecule has 6 heteroatoms. The van der Waals surface area contributed by atoms with E-state index in [1.54, 1.807) is 37.8 Å². The molecule has 0 bridgehead atoms. The number of furan rings is 1. The van der Waals surface area contributed by atoms with E-state index in [1.165, 1.54) is 7.11 Å². The molecule has 0 aliphatic rings. The minimum absolute atomic E-state index is 0.0331. The molecular formula is C16H20N2O4. The summed E-state index contributed by atoms with van der Waals surface area (Å²) in [5.74, 6) is 1.05. The maximum Gasteiger partial charge on any atom is 0.319 e. The fourth-order valence-electron chi connectivity index (χ4n) is 2.18. The zero-order valence-corrected chi connectivity index (χ0v) is 12.9. The molecule has 1 aromatic carbocycles. The predicted octanol–water partition coefficient (Wildman–Crippen LogP) is 3.05. The van der Waals surface area contributed by atoms with Crippen LogP contribution < -0.4 is 20.1 Å². The second-order valence-electron chi connectivity index (χ2n) is 4.88. The molecule has 0 aliphatic carbocycles. The van der Waals surface area contributed by atoms with Crippen LogP contribution in [0.1, 0.15) is 12.5 Å². The first-order valence-electron chi connectivity index (χ1n) is 6.93. The van der Waals surface area contributed by atoms with E-state index >= 15 is 0 Å². The van der Waals surface area contributed by atoms with Gasteiger partial charge in [-0.25, -0.2) is 4.79 Å². The SMILES string of the molecule is COc1cccc(NC(=O)NC(C)Cc2ccoc2)c1OC. The third kappa shape index (κ3) is 3.94. The van der Waals surface area contributed by atoms with Gasteiger partial charge in [-0.1, -0.05) is 6.07 Å². The summed E-state index contributed by atoms with van der Waals surface area (Å²) in [6.45, 7) is 1.93. The van der Waals surface area contributed by atoms with Crippen LogP contribution >= 0.6 is 0 Å². The van der Waals surface area contributed by atoms with Crippen molar-refractivity contribution in [3.8, 4) is 11.5 Å². The van der Waals surface area contributed by atoms with Crippen LogP contribution in [0.2, 0.25) is 0 Å². The molecule has 2 N–H and O–H groups in total. The maximum atomic E-state index is 12.1. The summed E-state index contributed by atoms with van der Waals surface area (Å²) in [7, 11) is 3.08. The highest BCUT2D eigenvalue weighted by atomic mass is 16.5. The van der Waals surface area contributed by atoms with Crippen molar-refractivity contribution < 1.29 is 18.7 Å². The van der Waals surface area contributed by atoms with Crippen molar-refractivity contribution in [3.63, 3.8) is 0 Å². The average Bonchev–Trinajstić information content (AvgIpc) is 2.99. The summed E-state index contributed by atoms with van der Waals surface area (Å²) in [6, 6.07) is 6.84. The normalized spacial score (nSPS) is 11.6. The Morgan fingerprint density at radius 2 is 2.09 bits per heavy atom. The highest BCUT2D eigenvalue weighted by molar-refractivity contribution is 5.91. The first-order chi connectivity index (χ1) is 10.6. The fourth-order valence-corrected chi connectivity index (χ4v) is 2.18. The lowest BCUT2D eigenvalue weighted by atomic mass is 10.1. The Bertz CT molecular complexity index is 611. The van der Waals surface area contributed by atoms with Gasteiger partial charge in [0.25, 0.3) is 0 Å². The van der Waals surface area contributed by atoms with Gasteiger partial charge in [-0.15, -0.1) is 0 Å². The first kappa shape index (κ1) is 15.8. The second kappa shape index (κ2) is 7.40. The van der Waals surface area contributed by atoms with E-state index in [1.807, 2.05) is 13.0 Å². The lowest BCUT2D eigenvalue weighted by Gasteiger charge is -2.16. The zero-order valence-electron chi connectivity index (χ0n) is 12.9. The number of hydrogen-bond donors (Lipinski definition) is 2. The number of nitrogens with one attached hydrogen (secondary N) is 2. The number of rotatable bonds is 6. The van der Waals surface area contributed by atoms with E-state index in [-0.39, 0.29) is 12.1 Å². The molecule has 1 unspecified atom stereocenters. The van der Waals surface area contributed by atoms with E-state index in [0.29, 0.717) is 23.6 Å². The Labute approximate surface area is 129 Å². The van der Waals surface area contributed by atoms with Crippen molar-refractivity contribution in [1.82, 2.24) is 5.32 Å². The molecule has 0 saturated carbocycles. The van der Waals surface area contributed by atoms with Gasteiger partial charge in [0.05, 0.1) is 32.4 Å². The van der Waals surface area contributed by atoms with Crippen molar-refractivity contribution in [2.24, 2.45) is 0 Å². The minimum Gasteiger partial charge on any atom is -0.493 e. The summed E-state index contributed by atoms with van der Waals surface area (Å²) >= 11 is 0. The number of carbonyl (C=O) groups excluding carboxylic acids is 1. The van der Waals surface area contributed by atoms with Crippen LogP contribution in [0.4, 0.5) is 10.5 Å². The van der Waals surface area contributed by atoms with Crippen LogP contribution in [0.3, 0.4) is 0 Å². The molecule has 22 heavy (non-hydrogen) atoms. The fraction of sp³-hybridized carbons (Fsp3) is 0.312. The van der Waals surface area contributed by atoms with Gasteiger partial charge in [0.15, 0.2) is 11.5 Å². The Morgan fingerprint density at radius 1 is 1.27 bits per heavy atom. The number of ether oxygens (including phenoxy) is 2. The Morgan fingerprint density at radius 3 is 2.73 bits per heavy atom. The van der Waals surface area contributed by atoms with Crippen LogP contribution in [0, 0.1) is 0 Å². The molecule has 2 rings (SSSR count). The molecule has 0 radical (unpaired) electrons. The molecule has 1 atom stereocenters. The van der Waals surface area contributed by atoms with Crippen molar-refractivity contribution >= 4 is 11.7 Å². The van der Waals surface area contributed by atoms with Gasteiger partial charge in [-0.3, -0.25) is 0 Å². The topological polar surface area (TPSA) is 72.7 Å².